The second-order valence-corrected chi connectivity index (χ2v) is 3.51. The third-order valence-corrected chi connectivity index (χ3v) is 2.39. The van der Waals surface area contributed by atoms with Gasteiger partial charge in [-0.15, -0.1) is 0 Å². The average Bonchev–Trinajstić information content (AvgIpc) is 2.29. The zero-order chi connectivity index (χ0) is 11.8. The molecule has 0 aliphatic rings. The van der Waals surface area contributed by atoms with Crippen molar-refractivity contribution in [3.63, 3.8) is 0 Å². The van der Waals surface area contributed by atoms with Crippen molar-refractivity contribution in [2.45, 2.75) is 51.2 Å². The van der Waals surface area contributed by atoms with Gasteiger partial charge in [-0.25, -0.2) is 0 Å². The van der Waals surface area contributed by atoms with E-state index in [1.807, 2.05) is 13.8 Å². The van der Waals surface area contributed by atoms with Crippen LogP contribution in [0.3, 0.4) is 0 Å². The van der Waals surface area contributed by atoms with Gasteiger partial charge in [0.1, 0.15) is 0 Å². The highest BCUT2D eigenvalue weighted by Gasteiger charge is 2.26. The van der Waals surface area contributed by atoms with Crippen LogP contribution < -0.4 is 5.73 Å². The molecule has 0 aliphatic carbocycles. The summed E-state index contributed by atoms with van der Waals surface area (Å²) < 4.78 is 10.5. The van der Waals surface area contributed by atoms with E-state index in [0.717, 1.165) is 0 Å². The topological polar surface area (TPSA) is 84.9 Å². The van der Waals surface area contributed by atoms with Gasteiger partial charge >= 0.3 is 0 Å². The highest BCUT2D eigenvalue weighted by molar-refractivity contribution is 4.75. The molecule has 0 aromatic rings. The number of hydrogen-bond acceptors (Lipinski definition) is 5. The first-order chi connectivity index (χ1) is 7.10. The predicted octanol–water partition coefficient (Wildman–Crippen LogP) is -0.155. The van der Waals surface area contributed by atoms with Crippen LogP contribution >= 0.6 is 0 Å². The van der Waals surface area contributed by atoms with Crippen LogP contribution in [0, 0.1) is 0 Å². The molecule has 0 rings (SSSR count). The third-order valence-electron chi connectivity index (χ3n) is 2.39. The largest absolute Gasteiger partial charge is 0.394 e. The molecule has 0 bridgehead atoms. The van der Waals surface area contributed by atoms with E-state index in [-0.39, 0.29) is 12.7 Å². The normalized spacial score (nSPS) is 19.6. The molecule has 0 aliphatic heterocycles. The van der Waals surface area contributed by atoms with Crippen molar-refractivity contribution in [1.82, 2.24) is 0 Å². The maximum Gasteiger partial charge on any atom is 0.175 e. The Morgan fingerprint density at radius 1 is 1.27 bits per heavy atom. The Kier molecular flexibility index (Phi) is 7.90. The summed E-state index contributed by atoms with van der Waals surface area (Å²) in [5.74, 6) is 0. The van der Waals surface area contributed by atoms with Gasteiger partial charge in [-0.1, -0.05) is 13.8 Å². The van der Waals surface area contributed by atoms with Crippen molar-refractivity contribution in [1.29, 1.82) is 0 Å². The number of hydrogen-bond donors (Lipinski definition) is 3. The van der Waals surface area contributed by atoms with Crippen LogP contribution in [-0.4, -0.2) is 48.5 Å². The highest BCUT2D eigenvalue weighted by Crippen LogP contribution is 2.10. The minimum atomic E-state index is -0.683. The predicted molar refractivity (Wildman–Crippen MR) is 57.3 cm³/mol. The van der Waals surface area contributed by atoms with Crippen LogP contribution in [0.1, 0.15) is 26.7 Å². The lowest BCUT2D eigenvalue weighted by atomic mass is 10.1. The first kappa shape index (κ1) is 14.8. The molecule has 5 heteroatoms. The summed E-state index contributed by atoms with van der Waals surface area (Å²) in [5.41, 5.74) is 5.76. The van der Waals surface area contributed by atoms with E-state index in [4.69, 9.17) is 20.3 Å². The number of ether oxygens (including phenoxy) is 2. The fraction of sp³-hybridized carbons (Fsp3) is 1.00. The van der Waals surface area contributed by atoms with Crippen molar-refractivity contribution in [3.8, 4) is 0 Å². The summed E-state index contributed by atoms with van der Waals surface area (Å²) in [6.07, 6.45) is -0.431. The first-order valence-corrected chi connectivity index (χ1v) is 5.33. The molecule has 4 N–H and O–H groups in total. The van der Waals surface area contributed by atoms with E-state index in [1.165, 1.54) is 7.11 Å². The Balaban J connectivity index is 4.21. The molecule has 3 unspecified atom stereocenters. The molecule has 4 atom stereocenters. The van der Waals surface area contributed by atoms with Crippen LogP contribution in [0.4, 0.5) is 0 Å². The minimum absolute atomic E-state index is 0.0781. The lowest BCUT2D eigenvalue weighted by Crippen LogP contribution is -2.48. The molecule has 0 spiro atoms. The number of rotatable bonds is 8. The zero-order valence-corrected chi connectivity index (χ0v) is 9.72. The molecule has 0 radical (unpaired) electrons. The summed E-state index contributed by atoms with van der Waals surface area (Å²) in [6.45, 7) is 3.65. The van der Waals surface area contributed by atoms with E-state index < -0.39 is 18.4 Å². The smallest absolute Gasteiger partial charge is 0.175 e. The monoisotopic (exact) mass is 221 g/mol. The molecule has 0 aromatic carbocycles. The van der Waals surface area contributed by atoms with Crippen molar-refractivity contribution >= 4 is 0 Å². The Hall–Kier alpha value is -0.200. The van der Waals surface area contributed by atoms with Crippen LogP contribution in [-0.2, 0) is 9.47 Å². The molecule has 92 valence electrons. The second kappa shape index (κ2) is 8.01. The molecule has 0 saturated heterocycles. The molecule has 0 saturated carbocycles. The van der Waals surface area contributed by atoms with Gasteiger partial charge in [0.15, 0.2) is 6.29 Å². The molecule has 15 heavy (non-hydrogen) atoms. The van der Waals surface area contributed by atoms with Gasteiger partial charge in [0.05, 0.1) is 24.9 Å². The molecular formula is C10H23NO4. The van der Waals surface area contributed by atoms with Crippen molar-refractivity contribution in [3.05, 3.63) is 0 Å². The molecular weight excluding hydrogens is 198 g/mol. The second-order valence-electron chi connectivity index (χ2n) is 3.51. The SMILES string of the molecule is CCC(CO)O[C@@H](OC)C(N)C(O)CC. The molecule has 0 fully saturated rings. The number of aliphatic hydroxyl groups is 2. The molecule has 0 heterocycles. The Morgan fingerprint density at radius 3 is 2.20 bits per heavy atom. The summed E-state index contributed by atoms with van der Waals surface area (Å²) in [7, 11) is 1.47. The average molecular weight is 221 g/mol. The summed E-state index contributed by atoms with van der Waals surface area (Å²) in [5, 5.41) is 18.5. The minimum Gasteiger partial charge on any atom is -0.394 e. The van der Waals surface area contributed by atoms with E-state index in [0.29, 0.717) is 12.8 Å². The van der Waals surface area contributed by atoms with Crippen LogP contribution in [0.25, 0.3) is 0 Å². The maximum absolute atomic E-state index is 9.54. The van der Waals surface area contributed by atoms with Crippen LogP contribution in [0.15, 0.2) is 0 Å². The zero-order valence-electron chi connectivity index (χ0n) is 9.72. The number of nitrogens with two attached hydrogens (primary N) is 1. The van der Waals surface area contributed by atoms with Crippen LogP contribution in [0.2, 0.25) is 0 Å². The fourth-order valence-corrected chi connectivity index (χ4v) is 1.21. The maximum atomic E-state index is 9.54. The quantitative estimate of drug-likeness (QED) is 0.496. The summed E-state index contributed by atoms with van der Waals surface area (Å²) in [6, 6.07) is -0.597. The Labute approximate surface area is 91.2 Å². The summed E-state index contributed by atoms with van der Waals surface area (Å²) >= 11 is 0. The van der Waals surface area contributed by atoms with E-state index in [2.05, 4.69) is 0 Å². The summed E-state index contributed by atoms with van der Waals surface area (Å²) in [4.78, 5) is 0. The van der Waals surface area contributed by atoms with Gasteiger partial charge in [-0.3, -0.25) is 0 Å². The highest BCUT2D eigenvalue weighted by atomic mass is 16.7. The lowest BCUT2D eigenvalue weighted by molar-refractivity contribution is -0.187. The Bertz CT molecular complexity index is 152. The number of aliphatic hydroxyl groups excluding tert-OH is 2. The third kappa shape index (κ3) is 4.90. The van der Waals surface area contributed by atoms with Gasteiger partial charge in [0.2, 0.25) is 0 Å². The van der Waals surface area contributed by atoms with Crippen molar-refractivity contribution < 1.29 is 19.7 Å². The molecule has 0 aromatic heterocycles. The van der Waals surface area contributed by atoms with E-state index >= 15 is 0 Å². The van der Waals surface area contributed by atoms with Gasteiger partial charge in [-0.2, -0.15) is 0 Å². The van der Waals surface area contributed by atoms with Gasteiger partial charge in [0.25, 0.3) is 0 Å². The van der Waals surface area contributed by atoms with E-state index in [1.54, 1.807) is 0 Å². The molecule has 5 nitrogen and oxygen atoms in total. The van der Waals surface area contributed by atoms with Crippen molar-refractivity contribution in [2.75, 3.05) is 13.7 Å². The van der Waals surface area contributed by atoms with Gasteiger partial charge in [-0.05, 0) is 12.8 Å². The molecule has 0 amide bonds. The van der Waals surface area contributed by atoms with Crippen molar-refractivity contribution in [2.24, 2.45) is 5.73 Å². The van der Waals surface area contributed by atoms with E-state index in [9.17, 15) is 5.11 Å². The first-order valence-electron chi connectivity index (χ1n) is 5.33. The van der Waals surface area contributed by atoms with Gasteiger partial charge < -0.3 is 25.4 Å². The fourth-order valence-electron chi connectivity index (χ4n) is 1.21. The van der Waals surface area contributed by atoms with Gasteiger partial charge in [0, 0.05) is 7.11 Å². The Morgan fingerprint density at radius 2 is 1.87 bits per heavy atom. The lowest BCUT2D eigenvalue weighted by Gasteiger charge is -2.28. The standard InChI is InChI=1S/C10H23NO4/c1-4-7(6-12)15-10(14-3)9(11)8(13)5-2/h7-10,12-13H,4-6,11H2,1-3H3/t7?,8?,9?,10-/m1/s1. The van der Waals surface area contributed by atoms with Crippen LogP contribution in [0.5, 0.6) is 0 Å². The number of methoxy groups -OCH3 is 1.